The third kappa shape index (κ3) is 2.99. The van der Waals surface area contributed by atoms with Crippen LogP contribution in [0.15, 0.2) is 60.7 Å². The summed E-state index contributed by atoms with van der Waals surface area (Å²) in [5, 5.41) is 10.8. The van der Waals surface area contributed by atoms with E-state index in [-0.39, 0.29) is 6.42 Å². The fourth-order valence-electron chi connectivity index (χ4n) is 2.88. The molecule has 0 fully saturated rings. The van der Waals surface area contributed by atoms with Crippen molar-refractivity contribution in [3.05, 3.63) is 71.8 Å². The first kappa shape index (κ1) is 15.7. The molecule has 4 heteroatoms. The van der Waals surface area contributed by atoms with E-state index in [9.17, 15) is 14.7 Å². The lowest BCUT2D eigenvalue weighted by atomic mass is 9.92. The molecule has 0 unspecified atom stereocenters. The number of carbonyl (C=O) groups excluding carboxylic acids is 1. The molecule has 1 N–H and O–H groups in total. The second kappa shape index (κ2) is 6.54. The topological polar surface area (TPSA) is 63.6 Å². The quantitative estimate of drug-likeness (QED) is 0.740. The number of carbonyl (C=O) groups is 2. The molecule has 0 aliphatic heterocycles. The van der Waals surface area contributed by atoms with E-state index in [0.29, 0.717) is 11.1 Å². The molecule has 3 aromatic rings. The van der Waals surface area contributed by atoms with Crippen LogP contribution in [-0.4, -0.2) is 24.2 Å². The Bertz CT molecular complexity index is 914. The highest BCUT2D eigenvalue weighted by atomic mass is 16.5. The summed E-state index contributed by atoms with van der Waals surface area (Å²) in [6, 6.07) is 18.9. The Labute approximate surface area is 139 Å². The van der Waals surface area contributed by atoms with Crippen molar-refractivity contribution in [3.63, 3.8) is 0 Å². The Kier molecular flexibility index (Phi) is 4.29. The fraction of sp³-hybridized carbons (Fsp3) is 0.100. The zero-order chi connectivity index (χ0) is 17.1. The van der Waals surface area contributed by atoms with E-state index < -0.39 is 11.9 Å². The Balaban J connectivity index is 2.31. The third-order valence-electron chi connectivity index (χ3n) is 3.93. The van der Waals surface area contributed by atoms with Gasteiger partial charge in [0.2, 0.25) is 0 Å². The number of aliphatic carboxylic acids is 1. The zero-order valence-corrected chi connectivity index (χ0v) is 13.2. The van der Waals surface area contributed by atoms with E-state index in [1.807, 2.05) is 48.5 Å². The summed E-state index contributed by atoms with van der Waals surface area (Å²) in [5.74, 6) is -1.42. The average molecular weight is 320 g/mol. The molecular formula is C20H16O4. The van der Waals surface area contributed by atoms with E-state index in [1.54, 1.807) is 12.1 Å². The van der Waals surface area contributed by atoms with E-state index >= 15 is 0 Å². The van der Waals surface area contributed by atoms with Crippen LogP contribution in [-0.2, 0) is 16.0 Å². The van der Waals surface area contributed by atoms with Gasteiger partial charge in [0.25, 0.3) is 0 Å². The summed E-state index contributed by atoms with van der Waals surface area (Å²) in [4.78, 5) is 23.2. The van der Waals surface area contributed by atoms with Crippen LogP contribution in [0, 0.1) is 0 Å². The van der Waals surface area contributed by atoms with Crippen LogP contribution in [0.3, 0.4) is 0 Å². The van der Waals surface area contributed by atoms with E-state index in [0.717, 1.165) is 21.9 Å². The van der Waals surface area contributed by atoms with Gasteiger partial charge in [0.15, 0.2) is 0 Å². The van der Waals surface area contributed by atoms with Crippen LogP contribution in [0.25, 0.3) is 21.9 Å². The standard InChI is InChI=1S/C20H16O4/c1-24-20(23)15-10-14(12-19(21)22)17-9-5-8-16(18(17)11-15)13-6-3-2-4-7-13/h2-11H,12H2,1H3,(H,21,22). The second-order valence-corrected chi connectivity index (χ2v) is 5.46. The Hall–Kier alpha value is -3.14. The molecule has 3 rings (SSSR count). The number of benzene rings is 3. The van der Waals surface area contributed by atoms with Gasteiger partial charge in [-0.15, -0.1) is 0 Å². The normalized spacial score (nSPS) is 10.5. The fourth-order valence-corrected chi connectivity index (χ4v) is 2.88. The summed E-state index contributed by atoms with van der Waals surface area (Å²) < 4.78 is 4.80. The van der Waals surface area contributed by atoms with Crippen LogP contribution in [0.2, 0.25) is 0 Å². The zero-order valence-electron chi connectivity index (χ0n) is 13.2. The molecule has 0 atom stereocenters. The van der Waals surface area contributed by atoms with Gasteiger partial charge in [0.1, 0.15) is 0 Å². The van der Waals surface area contributed by atoms with Gasteiger partial charge in [-0.2, -0.15) is 0 Å². The minimum atomic E-state index is -0.941. The van der Waals surface area contributed by atoms with E-state index in [1.165, 1.54) is 7.11 Å². The second-order valence-electron chi connectivity index (χ2n) is 5.46. The van der Waals surface area contributed by atoms with Crippen molar-refractivity contribution in [1.29, 1.82) is 0 Å². The molecule has 3 aromatic carbocycles. The number of methoxy groups -OCH3 is 1. The summed E-state index contributed by atoms with van der Waals surface area (Å²) in [6.07, 6.45) is -0.153. The van der Waals surface area contributed by atoms with Crippen LogP contribution in [0.5, 0.6) is 0 Å². The number of esters is 1. The van der Waals surface area contributed by atoms with Crippen molar-refractivity contribution < 1.29 is 19.4 Å². The maximum absolute atomic E-state index is 12.0. The molecule has 0 aliphatic carbocycles. The average Bonchev–Trinajstić information content (AvgIpc) is 2.60. The van der Waals surface area contributed by atoms with Crippen LogP contribution >= 0.6 is 0 Å². The van der Waals surface area contributed by atoms with Gasteiger partial charge in [-0.1, -0.05) is 48.5 Å². The lowest BCUT2D eigenvalue weighted by Crippen LogP contribution is -2.06. The minimum absolute atomic E-state index is 0.153. The molecule has 0 amide bonds. The first-order valence-corrected chi connectivity index (χ1v) is 7.51. The van der Waals surface area contributed by atoms with Gasteiger partial charge in [-0.05, 0) is 39.6 Å². The number of carboxylic acids is 1. The Morgan fingerprint density at radius 2 is 1.71 bits per heavy atom. The third-order valence-corrected chi connectivity index (χ3v) is 3.93. The highest BCUT2D eigenvalue weighted by Gasteiger charge is 2.15. The number of rotatable bonds is 4. The van der Waals surface area contributed by atoms with Crippen LogP contribution in [0.1, 0.15) is 15.9 Å². The van der Waals surface area contributed by atoms with Gasteiger partial charge in [0, 0.05) is 0 Å². The molecule has 0 spiro atoms. The lowest BCUT2D eigenvalue weighted by molar-refractivity contribution is -0.136. The highest BCUT2D eigenvalue weighted by Crippen LogP contribution is 2.32. The molecule has 0 saturated heterocycles. The van der Waals surface area contributed by atoms with Crippen molar-refractivity contribution in [1.82, 2.24) is 0 Å². The van der Waals surface area contributed by atoms with E-state index in [4.69, 9.17) is 4.74 Å². The maximum Gasteiger partial charge on any atom is 0.337 e. The van der Waals surface area contributed by atoms with Crippen LogP contribution < -0.4 is 0 Å². The number of fused-ring (bicyclic) bond motifs is 1. The molecule has 0 radical (unpaired) electrons. The monoisotopic (exact) mass is 320 g/mol. The highest BCUT2D eigenvalue weighted by molar-refractivity contribution is 6.04. The molecule has 120 valence electrons. The van der Waals surface area contributed by atoms with Crippen LogP contribution in [0.4, 0.5) is 0 Å². The summed E-state index contributed by atoms with van der Waals surface area (Å²) >= 11 is 0. The molecular weight excluding hydrogens is 304 g/mol. The number of ether oxygens (including phenoxy) is 1. The molecule has 24 heavy (non-hydrogen) atoms. The summed E-state index contributed by atoms with van der Waals surface area (Å²) in [6.45, 7) is 0. The molecule has 4 nitrogen and oxygen atoms in total. The molecule has 0 heterocycles. The van der Waals surface area contributed by atoms with Gasteiger partial charge in [0.05, 0.1) is 19.1 Å². The maximum atomic E-state index is 12.0. The van der Waals surface area contributed by atoms with Crippen molar-refractivity contribution in [2.45, 2.75) is 6.42 Å². The van der Waals surface area contributed by atoms with Crippen molar-refractivity contribution in [2.24, 2.45) is 0 Å². The summed E-state index contributed by atoms with van der Waals surface area (Å²) in [5.41, 5.74) is 2.90. The number of hydrogen-bond acceptors (Lipinski definition) is 3. The molecule has 0 bridgehead atoms. The SMILES string of the molecule is COC(=O)c1cc(CC(=O)O)c2cccc(-c3ccccc3)c2c1. The largest absolute Gasteiger partial charge is 0.481 e. The molecule has 0 aromatic heterocycles. The summed E-state index contributed by atoms with van der Waals surface area (Å²) in [7, 11) is 1.31. The minimum Gasteiger partial charge on any atom is -0.481 e. The Morgan fingerprint density at radius 1 is 0.958 bits per heavy atom. The molecule has 0 saturated carbocycles. The van der Waals surface area contributed by atoms with E-state index in [2.05, 4.69) is 0 Å². The van der Waals surface area contributed by atoms with Gasteiger partial charge in [-0.3, -0.25) is 4.79 Å². The van der Waals surface area contributed by atoms with Crippen molar-refractivity contribution >= 4 is 22.7 Å². The predicted octanol–water partition coefficient (Wildman–Crippen LogP) is 3.92. The van der Waals surface area contributed by atoms with Crippen molar-refractivity contribution in [2.75, 3.05) is 7.11 Å². The lowest BCUT2D eigenvalue weighted by Gasteiger charge is -2.12. The van der Waals surface area contributed by atoms with Gasteiger partial charge < -0.3 is 9.84 Å². The first-order chi connectivity index (χ1) is 11.6. The number of carboxylic acid groups (broad SMARTS) is 1. The van der Waals surface area contributed by atoms with Gasteiger partial charge in [-0.25, -0.2) is 4.79 Å². The van der Waals surface area contributed by atoms with Crippen molar-refractivity contribution in [3.8, 4) is 11.1 Å². The number of hydrogen-bond donors (Lipinski definition) is 1. The predicted molar refractivity (Wildman–Crippen MR) is 92.1 cm³/mol. The Morgan fingerprint density at radius 3 is 2.38 bits per heavy atom. The smallest absolute Gasteiger partial charge is 0.337 e. The molecule has 0 aliphatic rings. The van der Waals surface area contributed by atoms with Gasteiger partial charge >= 0.3 is 11.9 Å². The first-order valence-electron chi connectivity index (χ1n) is 7.51.